The summed E-state index contributed by atoms with van der Waals surface area (Å²) >= 11 is 3.12. The Hall–Kier alpha value is -1.87. The Morgan fingerprint density at radius 3 is 2.76 bits per heavy atom. The fraction of sp³-hybridized carbons (Fsp3) is 0.182. The van der Waals surface area contributed by atoms with Gasteiger partial charge in [0.1, 0.15) is 0 Å². The molecule has 0 spiro atoms. The van der Waals surface area contributed by atoms with Gasteiger partial charge >= 0.3 is 5.97 Å². The molecule has 17 heavy (non-hydrogen) atoms. The Bertz CT molecular complexity index is 516. The first-order valence-corrected chi connectivity index (χ1v) is 5.70. The van der Waals surface area contributed by atoms with Gasteiger partial charge < -0.3 is 5.11 Å². The number of carboxylic acids is 1. The normalized spacial score (nSPS) is 9.24. The Balaban J connectivity index is 3.17. The minimum absolute atomic E-state index is 0.173. The molecule has 0 unspecified atom stereocenters. The maximum atomic E-state index is 10.8. The molecule has 0 atom stereocenters. The lowest BCUT2D eigenvalue weighted by Gasteiger charge is -2.00. The van der Waals surface area contributed by atoms with E-state index in [1.165, 1.54) is 12.1 Å². The Morgan fingerprint density at radius 2 is 2.24 bits per heavy atom. The van der Waals surface area contributed by atoms with Gasteiger partial charge in [0, 0.05) is 17.2 Å². The van der Waals surface area contributed by atoms with E-state index in [1.54, 1.807) is 6.07 Å². The first-order chi connectivity index (χ1) is 8.04. The van der Waals surface area contributed by atoms with Crippen LogP contribution in [-0.2, 0) is 11.2 Å². The topological polar surface area (TPSA) is 80.4 Å². The largest absolute Gasteiger partial charge is 0.481 e. The number of nitro groups is 1. The molecular formula is C11H8BrNO4. The van der Waals surface area contributed by atoms with E-state index >= 15 is 0 Å². The van der Waals surface area contributed by atoms with Crippen molar-refractivity contribution in [2.75, 3.05) is 5.33 Å². The van der Waals surface area contributed by atoms with Gasteiger partial charge in [-0.2, -0.15) is 0 Å². The molecule has 1 aromatic rings. The number of nitro benzene ring substituents is 1. The van der Waals surface area contributed by atoms with Gasteiger partial charge in [-0.3, -0.25) is 14.9 Å². The molecule has 0 bridgehead atoms. The van der Waals surface area contributed by atoms with Crippen molar-refractivity contribution in [2.24, 2.45) is 0 Å². The van der Waals surface area contributed by atoms with Crippen molar-refractivity contribution in [1.82, 2.24) is 0 Å². The minimum atomic E-state index is -1.10. The summed E-state index contributed by atoms with van der Waals surface area (Å²) in [6.07, 6.45) is -0.373. The fourth-order valence-corrected chi connectivity index (χ4v) is 1.40. The number of aliphatic carboxylic acids is 1. The molecule has 1 N–H and O–H groups in total. The summed E-state index contributed by atoms with van der Waals surface area (Å²) in [6.45, 7) is 0. The third kappa shape index (κ3) is 3.89. The molecule has 0 radical (unpaired) electrons. The smallest absolute Gasteiger partial charge is 0.308 e. The maximum absolute atomic E-state index is 10.8. The number of alkyl halides is 1. The summed E-state index contributed by atoms with van der Waals surface area (Å²) < 4.78 is 0. The first-order valence-electron chi connectivity index (χ1n) is 4.58. The van der Waals surface area contributed by atoms with Gasteiger partial charge in [0.05, 0.1) is 16.7 Å². The third-order valence-corrected chi connectivity index (χ3v) is 2.20. The number of hydrogen-bond donors (Lipinski definition) is 1. The Morgan fingerprint density at radius 1 is 1.53 bits per heavy atom. The quantitative estimate of drug-likeness (QED) is 0.400. The second-order valence-electron chi connectivity index (χ2n) is 3.11. The van der Waals surface area contributed by atoms with E-state index in [2.05, 4.69) is 27.8 Å². The van der Waals surface area contributed by atoms with Crippen LogP contribution in [0, 0.1) is 22.0 Å². The van der Waals surface area contributed by atoms with Gasteiger partial charge in [-0.1, -0.05) is 33.8 Å². The van der Waals surface area contributed by atoms with Crippen molar-refractivity contribution in [3.8, 4) is 11.8 Å². The van der Waals surface area contributed by atoms with Crippen molar-refractivity contribution in [1.29, 1.82) is 0 Å². The molecule has 1 aromatic carbocycles. The number of hydrogen-bond acceptors (Lipinski definition) is 3. The number of halogens is 1. The van der Waals surface area contributed by atoms with E-state index in [9.17, 15) is 14.9 Å². The van der Waals surface area contributed by atoms with Crippen molar-refractivity contribution in [3.05, 3.63) is 39.4 Å². The van der Waals surface area contributed by atoms with Gasteiger partial charge in [0.25, 0.3) is 5.69 Å². The molecule has 0 saturated carbocycles. The molecule has 0 aliphatic rings. The second kappa shape index (κ2) is 6.01. The van der Waals surface area contributed by atoms with Crippen LogP contribution in [0.1, 0.15) is 11.1 Å². The lowest BCUT2D eigenvalue weighted by atomic mass is 10.1. The lowest BCUT2D eigenvalue weighted by molar-refractivity contribution is -0.385. The van der Waals surface area contributed by atoms with Gasteiger partial charge in [-0.05, 0) is 6.07 Å². The monoisotopic (exact) mass is 297 g/mol. The van der Waals surface area contributed by atoms with Crippen LogP contribution < -0.4 is 0 Å². The molecule has 88 valence electrons. The lowest BCUT2D eigenvalue weighted by Crippen LogP contribution is -2.04. The van der Waals surface area contributed by atoms with E-state index in [4.69, 9.17) is 5.11 Å². The van der Waals surface area contributed by atoms with E-state index in [0.717, 1.165) is 0 Å². The van der Waals surface area contributed by atoms with Crippen LogP contribution in [0.25, 0.3) is 0 Å². The molecule has 0 heterocycles. The zero-order valence-electron chi connectivity index (χ0n) is 8.64. The second-order valence-corrected chi connectivity index (χ2v) is 3.67. The van der Waals surface area contributed by atoms with Gasteiger partial charge in [-0.25, -0.2) is 0 Å². The summed E-state index contributed by atoms with van der Waals surface area (Å²) in [5.41, 5.74) is 0.450. The maximum Gasteiger partial charge on any atom is 0.308 e. The molecule has 0 saturated heterocycles. The molecule has 0 aliphatic carbocycles. The standard InChI is InChI=1S/C11H8BrNO4/c12-5-1-2-8-3-4-9(7-11(14)15)10(6-8)13(16)17/h3-4,6H,5,7H2,(H,14,15). The van der Waals surface area contributed by atoms with Crippen LogP contribution >= 0.6 is 15.9 Å². The predicted octanol–water partition coefficient (Wildman–Crippen LogP) is 1.97. The SMILES string of the molecule is O=C(O)Cc1ccc(C#CCBr)cc1[N+](=O)[O-]. The van der Waals surface area contributed by atoms with Crippen LogP contribution in [0.2, 0.25) is 0 Å². The summed E-state index contributed by atoms with van der Waals surface area (Å²) in [5, 5.41) is 19.9. The number of benzene rings is 1. The number of rotatable bonds is 3. The van der Waals surface area contributed by atoms with E-state index in [1.807, 2.05) is 0 Å². The summed E-state index contributed by atoms with van der Waals surface area (Å²) in [5.74, 6) is 4.34. The molecule has 0 fully saturated rings. The summed E-state index contributed by atoms with van der Waals surface area (Å²) in [6, 6.07) is 4.28. The van der Waals surface area contributed by atoms with Crippen LogP contribution in [0.15, 0.2) is 18.2 Å². The molecular weight excluding hydrogens is 290 g/mol. The van der Waals surface area contributed by atoms with E-state index in [0.29, 0.717) is 10.9 Å². The van der Waals surface area contributed by atoms with Gasteiger partial charge in [0.2, 0.25) is 0 Å². The molecule has 1 rings (SSSR count). The number of nitrogens with zero attached hydrogens (tertiary/aromatic N) is 1. The average molecular weight is 298 g/mol. The fourth-order valence-electron chi connectivity index (χ4n) is 1.26. The van der Waals surface area contributed by atoms with Crippen LogP contribution in [0.5, 0.6) is 0 Å². The molecule has 6 heteroatoms. The van der Waals surface area contributed by atoms with Crippen molar-refractivity contribution in [2.45, 2.75) is 6.42 Å². The number of carboxylic acid groups (broad SMARTS) is 1. The highest BCUT2D eigenvalue weighted by Gasteiger charge is 2.16. The summed E-state index contributed by atoms with van der Waals surface area (Å²) in [7, 11) is 0. The van der Waals surface area contributed by atoms with E-state index in [-0.39, 0.29) is 17.7 Å². The van der Waals surface area contributed by atoms with Crippen LogP contribution in [0.3, 0.4) is 0 Å². The molecule has 5 nitrogen and oxygen atoms in total. The highest BCUT2D eigenvalue weighted by atomic mass is 79.9. The van der Waals surface area contributed by atoms with Gasteiger partial charge in [0.15, 0.2) is 0 Å². The molecule has 0 aromatic heterocycles. The van der Waals surface area contributed by atoms with Crippen molar-refractivity contribution in [3.63, 3.8) is 0 Å². The molecule has 0 amide bonds. The zero-order chi connectivity index (χ0) is 12.8. The Labute approximate surface area is 106 Å². The highest BCUT2D eigenvalue weighted by molar-refractivity contribution is 9.09. The van der Waals surface area contributed by atoms with Crippen LogP contribution in [-0.4, -0.2) is 21.3 Å². The van der Waals surface area contributed by atoms with Crippen molar-refractivity contribution < 1.29 is 14.8 Å². The zero-order valence-corrected chi connectivity index (χ0v) is 10.2. The molecule has 0 aliphatic heterocycles. The first kappa shape index (κ1) is 13.2. The van der Waals surface area contributed by atoms with Crippen molar-refractivity contribution >= 4 is 27.6 Å². The average Bonchev–Trinajstić information content (AvgIpc) is 2.26. The summed E-state index contributed by atoms with van der Waals surface area (Å²) in [4.78, 5) is 20.7. The Kier molecular flexibility index (Phi) is 4.67. The predicted molar refractivity (Wildman–Crippen MR) is 65.1 cm³/mol. The third-order valence-electron chi connectivity index (χ3n) is 1.92. The van der Waals surface area contributed by atoms with Crippen LogP contribution in [0.4, 0.5) is 5.69 Å². The minimum Gasteiger partial charge on any atom is -0.481 e. The van der Waals surface area contributed by atoms with Gasteiger partial charge in [-0.15, -0.1) is 0 Å². The highest BCUT2D eigenvalue weighted by Crippen LogP contribution is 2.20. The number of carbonyl (C=O) groups is 1. The van der Waals surface area contributed by atoms with E-state index < -0.39 is 10.9 Å².